The Hall–Kier alpha value is -2.56. The van der Waals surface area contributed by atoms with Gasteiger partial charge in [0.05, 0.1) is 24.9 Å². The second-order valence-electron chi connectivity index (χ2n) is 6.84. The molecule has 26 heavy (non-hydrogen) atoms. The molecule has 1 saturated heterocycles. The van der Waals surface area contributed by atoms with Gasteiger partial charge in [-0.05, 0) is 38.6 Å². The number of piperazine rings is 1. The van der Waals surface area contributed by atoms with Gasteiger partial charge < -0.3 is 19.2 Å². The summed E-state index contributed by atoms with van der Waals surface area (Å²) in [5.41, 5.74) is 2.35. The average Bonchev–Trinajstić information content (AvgIpc) is 3.20. The lowest BCUT2D eigenvalue weighted by molar-refractivity contribution is -0.117. The predicted octanol–water partition coefficient (Wildman–Crippen LogP) is 1.80. The third-order valence-corrected chi connectivity index (χ3v) is 5.06. The Labute approximate surface area is 153 Å². The van der Waals surface area contributed by atoms with Gasteiger partial charge in [0, 0.05) is 31.9 Å². The topological polar surface area (TPSA) is 77.4 Å². The minimum atomic E-state index is -0.0933. The number of furan rings is 1. The number of anilines is 1. The highest BCUT2D eigenvalue weighted by Crippen LogP contribution is 2.27. The zero-order valence-corrected chi connectivity index (χ0v) is 15.6. The summed E-state index contributed by atoms with van der Waals surface area (Å²) in [6.07, 6.45) is 1.62. The van der Waals surface area contributed by atoms with Crippen molar-refractivity contribution in [2.45, 2.75) is 20.4 Å². The summed E-state index contributed by atoms with van der Waals surface area (Å²) in [6.45, 7) is 8.35. The minimum absolute atomic E-state index is 0.0933. The molecule has 0 atom stereocenters. The van der Waals surface area contributed by atoms with Crippen LogP contribution in [0.4, 0.5) is 5.82 Å². The molecule has 2 aromatic heterocycles. The van der Waals surface area contributed by atoms with Crippen molar-refractivity contribution in [2.75, 3.05) is 45.1 Å². The Kier molecular flexibility index (Phi) is 5.45. The number of nitrogens with one attached hydrogen (secondary N) is 1. The standard InChI is InChI=1S/C19H25N5O2/c1-14-15(2)24(12-16-5-4-10-26-16)19(17(14)11-20)21-18(25)13-23-8-6-22(3)7-9-23/h4-5,10H,6-9,12-13H2,1-3H3,(H,21,25). The van der Waals surface area contributed by atoms with Crippen LogP contribution in [0.3, 0.4) is 0 Å². The van der Waals surface area contributed by atoms with Gasteiger partial charge in [-0.1, -0.05) is 0 Å². The number of hydrogen-bond donors (Lipinski definition) is 1. The molecule has 0 aliphatic carbocycles. The Morgan fingerprint density at radius 2 is 2.04 bits per heavy atom. The van der Waals surface area contributed by atoms with E-state index in [1.54, 1.807) is 6.26 Å². The van der Waals surface area contributed by atoms with E-state index in [0.29, 0.717) is 24.5 Å². The number of hydrogen-bond acceptors (Lipinski definition) is 5. The Bertz CT molecular complexity index is 808. The van der Waals surface area contributed by atoms with Gasteiger partial charge in [-0.15, -0.1) is 0 Å². The van der Waals surface area contributed by atoms with Crippen molar-refractivity contribution in [1.82, 2.24) is 14.4 Å². The van der Waals surface area contributed by atoms with Crippen molar-refractivity contribution in [3.8, 4) is 6.07 Å². The molecule has 138 valence electrons. The highest BCUT2D eigenvalue weighted by atomic mass is 16.3. The van der Waals surface area contributed by atoms with Gasteiger partial charge in [0.2, 0.25) is 5.91 Å². The zero-order chi connectivity index (χ0) is 18.7. The molecule has 7 heteroatoms. The first-order chi connectivity index (χ1) is 12.5. The van der Waals surface area contributed by atoms with Crippen molar-refractivity contribution in [3.63, 3.8) is 0 Å². The highest BCUT2D eigenvalue weighted by Gasteiger charge is 2.22. The number of amides is 1. The lowest BCUT2D eigenvalue weighted by Crippen LogP contribution is -2.47. The minimum Gasteiger partial charge on any atom is -0.467 e. The number of aromatic nitrogens is 1. The molecule has 0 bridgehead atoms. The van der Waals surface area contributed by atoms with Crippen molar-refractivity contribution in [3.05, 3.63) is 41.0 Å². The van der Waals surface area contributed by atoms with Crippen LogP contribution in [0.1, 0.15) is 22.6 Å². The third-order valence-electron chi connectivity index (χ3n) is 5.06. The summed E-state index contributed by atoms with van der Waals surface area (Å²) >= 11 is 0. The maximum absolute atomic E-state index is 12.6. The molecule has 0 spiro atoms. The quantitative estimate of drug-likeness (QED) is 0.885. The maximum Gasteiger partial charge on any atom is 0.239 e. The SMILES string of the molecule is Cc1c(C#N)c(NC(=O)CN2CCN(C)CC2)n(Cc2ccco2)c1C. The largest absolute Gasteiger partial charge is 0.467 e. The number of carbonyl (C=O) groups is 1. The van der Waals surface area contributed by atoms with E-state index in [9.17, 15) is 10.1 Å². The third kappa shape index (κ3) is 3.82. The van der Waals surface area contributed by atoms with Crippen LogP contribution in [-0.2, 0) is 11.3 Å². The van der Waals surface area contributed by atoms with Crippen LogP contribution in [0, 0.1) is 25.2 Å². The Morgan fingerprint density at radius 1 is 1.31 bits per heavy atom. The second kappa shape index (κ2) is 7.77. The van der Waals surface area contributed by atoms with E-state index in [1.807, 2.05) is 30.5 Å². The smallest absolute Gasteiger partial charge is 0.239 e. The molecule has 0 radical (unpaired) electrons. The molecule has 0 aromatic carbocycles. The number of nitriles is 1. The average molecular weight is 355 g/mol. The molecule has 1 aliphatic rings. The summed E-state index contributed by atoms with van der Waals surface area (Å²) in [4.78, 5) is 17.0. The fourth-order valence-electron chi connectivity index (χ4n) is 3.27. The van der Waals surface area contributed by atoms with Crippen LogP contribution >= 0.6 is 0 Å². The molecular formula is C19H25N5O2. The lowest BCUT2D eigenvalue weighted by atomic mass is 10.2. The van der Waals surface area contributed by atoms with Crippen LogP contribution in [0.15, 0.2) is 22.8 Å². The number of carbonyl (C=O) groups excluding carboxylic acids is 1. The van der Waals surface area contributed by atoms with E-state index in [0.717, 1.165) is 43.2 Å². The lowest BCUT2D eigenvalue weighted by Gasteiger charge is -2.31. The summed E-state index contributed by atoms with van der Waals surface area (Å²) < 4.78 is 7.38. The molecule has 7 nitrogen and oxygen atoms in total. The Balaban J connectivity index is 1.78. The van der Waals surface area contributed by atoms with E-state index in [1.165, 1.54) is 0 Å². The van der Waals surface area contributed by atoms with Crippen LogP contribution in [0.5, 0.6) is 0 Å². The fourth-order valence-corrected chi connectivity index (χ4v) is 3.27. The summed E-state index contributed by atoms with van der Waals surface area (Å²) in [7, 11) is 2.09. The van der Waals surface area contributed by atoms with E-state index in [4.69, 9.17) is 4.42 Å². The summed E-state index contributed by atoms with van der Waals surface area (Å²) in [5, 5.41) is 12.5. The van der Waals surface area contributed by atoms with Gasteiger partial charge >= 0.3 is 0 Å². The molecule has 0 unspecified atom stereocenters. The van der Waals surface area contributed by atoms with Crippen molar-refractivity contribution in [1.29, 1.82) is 5.26 Å². The monoisotopic (exact) mass is 355 g/mol. The van der Waals surface area contributed by atoms with E-state index in [2.05, 4.69) is 28.2 Å². The highest BCUT2D eigenvalue weighted by molar-refractivity contribution is 5.93. The molecule has 1 N–H and O–H groups in total. The number of nitrogens with zero attached hydrogens (tertiary/aromatic N) is 4. The summed E-state index contributed by atoms with van der Waals surface area (Å²) in [5.74, 6) is 1.24. The Morgan fingerprint density at radius 3 is 2.65 bits per heavy atom. The van der Waals surface area contributed by atoms with Crippen molar-refractivity contribution >= 4 is 11.7 Å². The molecule has 3 rings (SSSR count). The predicted molar refractivity (Wildman–Crippen MR) is 99.0 cm³/mol. The molecule has 0 saturated carbocycles. The first kappa shape index (κ1) is 18.2. The molecule has 1 amide bonds. The molecule has 3 heterocycles. The van der Waals surface area contributed by atoms with Crippen LogP contribution in [0.25, 0.3) is 0 Å². The van der Waals surface area contributed by atoms with Crippen molar-refractivity contribution < 1.29 is 9.21 Å². The molecular weight excluding hydrogens is 330 g/mol. The molecule has 2 aromatic rings. The van der Waals surface area contributed by atoms with E-state index in [-0.39, 0.29) is 5.91 Å². The van der Waals surface area contributed by atoms with E-state index >= 15 is 0 Å². The van der Waals surface area contributed by atoms with Crippen LogP contribution in [0.2, 0.25) is 0 Å². The maximum atomic E-state index is 12.6. The molecule has 1 aliphatic heterocycles. The van der Waals surface area contributed by atoms with Gasteiger partial charge in [0.25, 0.3) is 0 Å². The first-order valence-electron chi connectivity index (χ1n) is 8.82. The van der Waals surface area contributed by atoms with Gasteiger partial charge in [0.15, 0.2) is 0 Å². The number of rotatable bonds is 5. The van der Waals surface area contributed by atoms with Crippen molar-refractivity contribution in [2.24, 2.45) is 0 Å². The number of likely N-dealkylation sites (N-methyl/N-ethyl adjacent to an activating group) is 1. The molecule has 1 fully saturated rings. The fraction of sp³-hybridized carbons (Fsp3) is 0.474. The van der Waals surface area contributed by atoms with E-state index < -0.39 is 0 Å². The van der Waals surface area contributed by atoms with Gasteiger partial charge in [0.1, 0.15) is 17.6 Å². The zero-order valence-electron chi connectivity index (χ0n) is 15.6. The van der Waals surface area contributed by atoms with Gasteiger partial charge in [-0.2, -0.15) is 5.26 Å². The van der Waals surface area contributed by atoms with Gasteiger partial charge in [-0.25, -0.2) is 0 Å². The first-order valence-corrected chi connectivity index (χ1v) is 8.82. The van der Waals surface area contributed by atoms with Crippen LogP contribution < -0.4 is 5.32 Å². The normalized spacial score (nSPS) is 15.8. The second-order valence-corrected chi connectivity index (χ2v) is 6.84. The van der Waals surface area contributed by atoms with Gasteiger partial charge in [-0.3, -0.25) is 9.69 Å². The van der Waals surface area contributed by atoms with Crippen LogP contribution in [-0.4, -0.2) is 60.0 Å². The summed E-state index contributed by atoms with van der Waals surface area (Å²) in [6, 6.07) is 5.95.